The molecule has 1 heterocycles. The monoisotopic (exact) mass is 263 g/mol. The quantitative estimate of drug-likeness (QED) is 0.658. The second-order valence-electron chi connectivity index (χ2n) is 2.54. The molecule has 0 radical (unpaired) electrons. The lowest BCUT2D eigenvalue weighted by molar-refractivity contribution is -0.276. The zero-order chi connectivity index (χ0) is 12.5. The van der Waals surface area contributed by atoms with Crippen LogP contribution in [-0.4, -0.2) is 16.5 Å². The largest absolute Gasteiger partial charge is 0.574 e. The van der Waals surface area contributed by atoms with Crippen molar-refractivity contribution in [2.75, 3.05) is 0 Å². The van der Waals surface area contributed by atoms with Gasteiger partial charge in [-0.3, -0.25) is 0 Å². The van der Waals surface area contributed by atoms with Gasteiger partial charge in [0.2, 0.25) is 5.88 Å². The molecule has 9 heteroatoms. The molecular formula is C7H3ClF5NO2. The third-order valence-corrected chi connectivity index (χ3v) is 1.68. The summed E-state index contributed by atoms with van der Waals surface area (Å²) in [5.41, 5.74) is -1.20. The first-order valence-corrected chi connectivity index (χ1v) is 4.02. The topological polar surface area (TPSA) is 42.4 Å². The number of hydrogen-bond acceptors (Lipinski definition) is 3. The maximum Gasteiger partial charge on any atom is 0.574 e. The fourth-order valence-electron chi connectivity index (χ4n) is 0.827. The van der Waals surface area contributed by atoms with Gasteiger partial charge in [0.25, 0.3) is 6.43 Å². The van der Waals surface area contributed by atoms with E-state index >= 15 is 0 Å². The van der Waals surface area contributed by atoms with Crippen molar-refractivity contribution in [3.05, 3.63) is 16.8 Å². The zero-order valence-corrected chi connectivity index (χ0v) is 7.98. The van der Waals surface area contributed by atoms with E-state index < -0.39 is 35.1 Å². The van der Waals surface area contributed by atoms with Crippen molar-refractivity contribution in [1.82, 2.24) is 4.98 Å². The van der Waals surface area contributed by atoms with Crippen LogP contribution in [0.15, 0.2) is 6.07 Å². The van der Waals surface area contributed by atoms with Gasteiger partial charge in [-0.25, -0.2) is 8.78 Å². The van der Waals surface area contributed by atoms with E-state index in [4.69, 9.17) is 16.7 Å². The summed E-state index contributed by atoms with van der Waals surface area (Å²) in [5.74, 6) is -2.24. The lowest BCUT2D eigenvalue weighted by atomic mass is 10.2. The van der Waals surface area contributed by atoms with Gasteiger partial charge in [-0.15, -0.1) is 13.2 Å². The molecule has 90 valence electrons. The van der Waals surface area contributed by atoms with E-state index in [0.717, 1.165) is 0 Å². The van der Waals surface area contributed by atoms with E-state index in [1.54, 1.807) is 0 Å². The highest BCUT2D eigenvalue weighted by Crippen LogP contribution is 2.36. The molecule has 0 atom stereocenters. The van der Waals surface area contributed by atoms with Crippen LogP contribution in [0.2, 0.25) is 5.15 Å². The SMILES string of the molecule is Oc1cc(C(F)F)c(OC(F)(F)F)nc1Cl. The van der Waals surface area contributed by atoms with Gasteiger partial charge in [0.1, 0.15) is 0 Å². The Morgan fingerprint density at radius 1 is 1.38 bits per heavy atom. The molecule has 0 saturated heterocycles. The minimum Gasteiger partial charge on any atom is -0.505 e. The maximum atomic E-state index is 12.3. The van der Waals surface area contributed by atoms with Gasteiger partial charge in [0, 0.05) is 0 Å². The Labute approximate surface area is 90.4 Å². The second kappa shape index (κ2) is 4.28. The number of rotatable bonds is 2. The molecule has 0 saturated carbocycles. The molecule has 0 aliphatic carbocycles. The fourth-order valence-corrected chi connectivity index (χ4v) is 0.959. The molecule has 1 N–H and O–H groups in total. The summed E-state index contributed by atoms with van der Waals surface area (Å²) in [4.78, 5) is 2.87. The minimum absolute atomic E-state index is 0.362. The standard InChI is InChI=1S/C7H3ClF5NO2/c8-4-3(15)1-2(5(9)10)6(14-4)16-7(11,12)13/h1,5,15H. The van der Waals surface area contributed by atoms with Crippen LogP contribution in [0.4, 0.5) is 22.0 Å². The molecule has 1 aromatic heterocycles. The zero-order valence-electron chi connectivity index (χ0n) is 7.23. The molecule has 3 nitrogen and oxygen atoms in total. The Balaban J connectivity index is 3.20. The van der Waals surface area contributed by atoms with Crippen LogP contribution in [0.3, 0.4) is 0 Å². The summed E-state index contributed by atoms with van der Waals surface area (Å²) in [5, 5.41) is 8.15. The Morgan fingerprint density at radius 3 is 2.38 bits per heavy atom. The van der Waals surface area contributed by atoms with Crippen LogP contribution >= 0.6 is 11.6 Å². The van der Waals surface area contributed by atoms with Gasteiger partial charge in [-0.05, 0) is 6.07 Å². The van der Waals surface area contributed by atoms with Crippen LogP contribution in [0.25, 0.3) is 0 Å². The van der Waals surface area contributed by atoms with Gasteiger partial charge in [0.15, 0.2) is 10.9 Å². The van der Waals surface area contributed by atoms with E-state index in [-0.39, 0.29) is 0 Å². The van der Waals surface area contributed by atoms with Crippen LogP contribution in [0.5, 0.6) is 11.6 Å². The number of hydrogen-bond donors (Lipinski definition) is 1. The van der Waals surface area contributed by atoms with E-state index in [1.165, 1.54) is 0 Å². The second-order valence-corrected chi connectivity index (χ2v) is 2.90. The summed E-state index contributed by atoms with van der Waals surface area (Å²) in [6.45, 7) is 0. The van der Waals surface area contributed by atoms with Crippen molar-refractivity contribution in [2.45, 2.75) is 12.8 Å². The first-order chi connectivity index (χ1) is 7.20. The van der Waals surface area contributed by atoms with E-state index in [0.29, 0.717) is 6.07 Å². The van der Waals surface area contributed by atoms with E-state index in [1.807, 2.05) is 0 Å². The molecule has 0 aliphatic heterocycles. The average molecular weight is 264 g/mol. The molecule has 0 bridgehead atoms. The molecule has 16 heavy (non-hydrogen) atoms. The first-order valence-electron chi connectivity index (χ1n) is 3.64. The number of pyridine rings is 1. The van der Waals surface area contributed by atoms with E-state index in [9.17, 15) is 22.0 Å². The molecule has 0 spiro atoms. The minimum atomic E-state index is -5.17. The van der Waals surface area contributed by atoms with Gasteiger partial charge in [-0.1, -0.05) is 11.6 Å². The predicted molar refractivity (Wildman–Crippen MR) is 42.6 cm³/mol. The first kappa shape index (κ1) is 12.8. The van der Waals surface area contributed by atoms with Crippen molar-refractivity contribution in [3.8, 4) is 11.6 Å². The molecule has 0 aromatic carbocycles. The molecule has 0 amide bonds. The number of nitrogens with zero attached hydrogens (tertiary/aromatic N) is 1. The lowest BCUT2D eigenvalue weighted by Crippen LogP contribution is -2.19. The Kier molecular flexibility index (Phi) is 3.41. The summed E-state index contributed by atoms with van der Waals surface area (Å²) in [6.07, 6.45) is -8.45. The van der Waals surface area contributed by atoms with Crippen molar-refractivity contribution >= 4 is 11.6 Å². The molecule has 0 fully saturated rings. The number of aromatic nitrogens is 1. The summed E-state index contributed by atoms with van der Waals surface area (Å²) < 4.78 is 63.2. The maximum absolute atomic E-state index is 12.3. The van der Waals surface area contributed by atoms with Crippen molar-refractivity contribution in [2.24, 2.45) is 0 Å². The van der Waals surface area contributed by atoms with Gasteiger partial charge < -0.3 is 9.84 Å². The third kappa shape index (κ3) is 3.09. The highest BCUT2D eigenvalue weighted by molar-refractivity contribution is 6.30. The molecule has 0 aliphatic rings. The lowest BCUT2D eigenvalue weighted by Gasteiger charge is -2.12. The molecule has 1 aromatic rings. The predicted octanol–water partition coefficient (Wildman–Crippen LogP) is 3.28. The van der Waals surface area contributed by atoms with Crippen molar-refractivity contribution in [1.29, 1.82) is 0 Å². The highest BCUT2D eigenvalue weighted by atomic mass is 35.5. The molecule has 0 unspecified atom stereocenters. The summed E-state index contributed by atoms with van der Waals surface area (Å²) in [7, 11) is 0. The van der Waals surface area contributed by atoms with E-state index in [2.05, 4.69) is 9.72 Å². The average Bonchev–Trinajstić information content (AvgIpc) is 2.07. The number of aromatic hydroxyl groups is 1. The molecular weight excluding hydrogens is 261 g/mol. The van der Waals surface area contributed by atoms with Crippen molar-refractivity contribution < 1.29 is 31.8 Å². The fraction of sp³-hybridized carbons (Fsp3) is 0.286. The highest BCUT2D eigenvalue weighted by Gasteiger charge is 2.34. The number of halogens is 6. The smallest absolute Gasteiger partial charge is 0.505 e. The van der Waals surface area contributed by atoms with Gasteiger partial charge in [0.05, 0.1) is 5.56 Å². The number of ether oxygens (including phenoxy) is 1. The Bertz CT molecular complexity index is 395. The summed E-state index contributed by atoms with van der Waals surface area (Å²) in [6, 6.07) is 0.362. The third-order valence-electron chi connectivity index (χ3n) is 1.40. The van der Waals surface area contributed by atoms with Crippen LogP contribution in [0, 0.1) is 0 Å². The van der Waals surface area contributed by atoms with Crippen LogP contribution in [-0.2, 0) is 0 Å². The normalized spacial score (nSPS) is 11.9. The van der Waals surface area contributed by atoms with Gasteiger partial charge >= 0.3 is 6.36 Å². The van der Waals surface area contributed by atoms with Crippen LogP contribution in [0.1, 0.15) is 12.0 Å². The summed E-state index contributed by atoms with van der Waals surface area (Å²) >= 11 is 5.17. The Morgan fingerprint density at radius 2 is 1.94 bits per heavy atom. The number of alkyl halides is 5. The van der Waals surface area contributed by atoms with Crippen LogP contribution < -0.4 is 4.74 Å². The Hall–Kier alpha value is -1.31. The molecule has 1 rings (SSSR count). The van der Waals surface area contributed by atoms with Gasteiger partial charge in [-0.2, -0.15) is 4.98 Å². The van der Waals surface area contributed by atoms with Crippen molar-refractivity contribution in [3.63, 3.8) is 0 Å².